The van der Waals surface area contributed by atoms with Crippen LogP contribution in [0.4, 0.5) is 0 Å². The van der Waals surface area contributed by atoms with Gasteiger partial charge in [0.25, 0.3) is 5.91 Å². The van der Waals surface area contributed by atoms with E-state index < -0.39 is 0 Å². The smallest absolute Gasteiger partial charge is 0.287 e. The molecule has 1 aromatic carbocycles. The summed E-state index contributed by atoms with van der Waals surface area (Å²) in [6.07, 6.45) is 2.35. The van der Waals surface area contributed by atoms with Crippen LogP contribution in [0, 0.1) is 5.92 Å². The standard InChI is InChI=1S/C18H24N4O/c1-18(2)15(12-8-10-22(18)11-9-12)20-17(23)16-19-13-6-4-5-7-14(13)21(16)3/h4-7,12,15H,8-11H2,1-3H3,(H,20,23)/t15-/m0/s1. The van der Waals surface area contributed by atoms with E-state index in [1.807, 2.05) is 35.9 Å². The zero-order chi connectivity index (χ0) is 16.2. The number of hydrogen-bond donors (Lipinski definition) is 1. The zero-order valence-corrected chi connectivity index (χ0v) is 14.0. The molecule has 3 aliphatic rings. The molecule has 1 amide bonds. The van der Waals surface area contributed by atoms with E-state index in [1.54, 1.807) is 0 Å². The van der Waals surface area contributed by atoms with Gasteiger partial charge in [-0.1, -0.05) is 12.1 Å². The highest BCUT2D eigenvalue weighted by Crippen LogP contribution is 2.39. The molecule has 4 heterocycles. The van der Waals surface area contributed by atoms with Gasteiger partial charge < -0.3 is 9.88 Å². The Balaban J connectivity index is 1.63. The van der Waals surface area contributed by atoms with Crippen LogP contribution in [-0.4, -0.2) is 45.0 Å². The number of carbonyl (C=O) groups excluding carboxylic acids is 1. The Morgan fingerprint density at radius 3 is 2.61 bits per heavy atom. The van der Waals surface area contributed by atoms with Gasteiger partial charge in [-0.05, 0) is 57.8 Å². The van der Waals surface area contributed by atoms with E-state index in [0.717, 1.165) is 24.1 Å². The van der Waals surface area contributed by atoms with Crippen molar-refractivity contribution in [2.45, 2.75) is 38.3 Å². The van der Waals surface area contributed by atoms with Gasteiger partial charge in [0.2, 0.25) is 0 Å². The number of carbonyl (C=O) groups is 1. The Morgan fingerprint density at radius 1 is 1.26 bits per heavy atom. The first kappa shape index (κ1) is 14.7. The molecule has 2 aromatic rings. The lowest BCUT2D eigenvalue weighted by molar-refractivity contribution is -0.0379. The summed E-state index contributed by atoms with van der Waals surface area (Å²) >= 11 is 0. The normalized spacial score (nSPS) is 28.9. The van der Waals surface area contributed by atoms with Crippen molar-refractivity contribution in [2.75, 3.05) is 13.1 Å². The molecular formula is C18H24N4O. The van der Waals surface area contributed by atoms with Gasteiger partial charge in [-0.3, -0.25) is 9.69 Å². The Morgan fingerprint density at radius 2 is 1.96 bits per heavy atom. The van der Waals surface area contributed by atoms with E-state index in [-0.39, 0.29) is 17.5 Å². The van der Waals surface area contributed by atoms with E-state index in [1.165, 1.54) is 12.8 Å². The third-order valence-corrected chi connectivity index (χ3v) is 5.86. The highest BCUT2D eigenvalue weighted by atomic mass is 16.2. The number of hydrogen-bond acceptors (Lipinski definition) is 3. The van der Waals surface area contributed by atoms with Gasteiger partial charge in [-0.2, -0.15) is 0 Å². The van der Waals surface area contributed by atoms with Crippen LogP contribution in [0.15, 0.2) is 24.3 Å². The molecule has 1 aromatic heterocycles. The lowest BCUT2D eigenvalue weighted by Crippen LogP contribution is -2.69. The maximum absolute atomic E-state index is 12.9. The molecule has 0 spiro atoms. The summed E-state index contributed by atoms with van der Waals surface area (Å²) in [4.78, 5) is 19.9. The van der Waals surface area contributed by atoms with E-state index in [9.17, 15) is 4.79 Å². The second kappa shape index (κ2) is 5.06. The number of amides is 1. The largest absolute Gasteiger partial charge is 0.345 e. The Labute approximate surface area is 136 Å². The first-order valence-electron chi connectivity index (χ1n) is 8.46. The lowest BCUT2D eigenvalue weighted by Gasteiger charge is -2.56. The average Bonchev–Trinajstić information content (AvgIpc) is 2.89. The summed E-state index contributed by atoms with van der Waals surface area (Å²) in [7, 11) is 1.91. The molecule has 2 bridgehead atoms. The minimum Gasteiger partial charge on any atom is -0.345 e. The van der Waals surface area contributed by atoms with Crippen LogP contribution in [0.5, 0.6) is 0 Å². The quantitative estimate of drug-likeness (QED) is 0.924. The molecule has 1 N–H and O–H groups in total. The fraction of sp³-hybridized carbons (Fsp3) is 0.556. The molecule has 0 aliphatic carbocycles. The minimum atomic E-state index is -0.0597. The van der Waals surface area contributed by atoms with Crippen molar-refractivity contribution in [2.24, 2.45) is 13.0 Å². The summed E-state index contributed by atoms with van der Waals surface area (Å²) in [5, 5.41) is 3.29. The van der Waals surface area contributed by atoms with Crippen molar-refractivity contribution in [1.29, 1.82) is 0 Å². The first-order chi connectivity index (χ1) is 11.0. The van der Waals surface area contributed by atoms with Gasteiger partial charge in [0.05, 0.1) is 11.0 Å². The Kier molecular flexibility index (Phi) is 3.23. The number of nitrogens with one attached hydrogen (secondary N) is 1. The van der Waals surface area contributed by atoms with Crippen molar-refractivity contribution < 1.29 is 4.79 Å². The molecule has 3 fully saturated rings. The first-order valence-corrected chi connectivity index (χ1v) is 8.46. The maximum atomic E-state index is 12.9. The molecule has 5 heteroatoms. The van der Waals surface area contributed by atoms with E-state index >= 15 is 0 Å². The number of aromatic nitrogens is 2. The number of benzene rings is 1. The fourth-order valence-corrected chi connectivity index (χ4v) is 4.43. The van der Waals surface area contributed by atoms with Crippen molar-refractivity contribution in [3.63, 3.8) is 0 Å². The van der Waals surface area contributed by atoms with Crippen LogP contribution in [-0.2, 0) is 7.05 Å². The number of aryl methyl sites for hydroxylation is 1. The summed E-state index contributed by atoms with van der Waals surface area (Å²) in [6, 6.07) is 8.06. The van der Waals surface area contributed by atoms with Crippen LogP contribution < -0.4 is 5.32 Å². The summed E-state index contributed by atoms with van der Waals surface area (Å²) in [6.45, 7) is 6.79. The van der Waals surface area contributed by atoms with Gasteiger partial charge in [0.1, 0.15) is 0 Å². The number of fused-ring (bicyclic) bond motifs is 4. The van der Waals surface area contributed by atoms with Crippen LogP contribution >= 0.6 is 0 Å². The second-order valence-corrected chi connectivity index (χ2v) is 7.41. The lowest BCUT2D eigenvalue weighted by atomic mass is 9.72. The van der Waals surface area contributed by atoms with Gasteiger partial charge >= 0.3 is 0 Å². The van der Waals surface area contributed by atoms with Crippen LogP contribution in [0.25, 0.3) is 11.0 Å². The molecule has 122 valence electrons. The Bertz CT molecular complexity index is 755. The number of imidazole rings is 1. The third kappa shape index (κ3) is 2.17. The predicted molar refractivity (Wildman–Crippen MR) is 90.3 cm³/mol. The zero-order valence-electron chi connectivity index (χ0n) is 14.0. The van der Waals surface area contributed by atoms with Gasteiger partial charge in [-0.25, -0.2) is 4.98 Å². The molecule has 5 rings (SSSR count). The molecule has 0 radical (unpaired) electrons. The molecule has 5 nitrogen and oxygen atoms in total. The summed E-state index contributed by atoms with van der Waals surface area (Å²) in [5.41, 5.74) is 1.88. The Hall–Kier alpha value is -1.88. The van der Waals surface area contributed by atoms with Gasteiger partial charge in [0, 0.05) is 18.6 Å². The van der Waals surface area contributed by atoms with E-state index in [4.69, 9.17) is 0 Å². The number of para-hydroxylation sites is 2. The molecule has 1 atom stereocenters. The van der Waals surface area contributed by atoms with Crippen molar-refractivity contribution in [1.82, 2.24) is 19.8 Å². The van der Waals surface area contributed by atoms with E-state index in [2.05, 4.69) is 29.0 Å². The van der Waals surface area contributed by atoms with E-state index in [0.29, 0.717) is 11.7 Å². The van der Waals surface area contributed by atoms with Crippen molar-refractivity contribution >= 4 is 16.9 Å². The molecule has 0 saturated carbocycles. The third-order valence-electron chi connectivity index (χ3n) is 5.86. The highest BCUT2D eigenvalue weighted by molar-refractivity contribution is 5.95. The van der Waals surface area contributed by atoms with Gasteiger partial charge in [-0.15, -0.1) is 0 Å². The van der Waals surface area contributed by atoms with Crippen LogP contribution in [0.3, 0.4) is 0 Å². The fourth-order valence-electron chi connectivity index (χ4n) is 4.43. The maximum Gasteiger partial charge on any atom is 0.287 e. The molecule has 3 aliphatic heterocycles. The topological polar surface area (TPSA) is 50.2 Å². The number of nitrogens with zero attached hydrogens (tertiary/aromatic N) is 3. The second-order valence-electron chi connectivity index (χ2n) is 7.41. The molecule has 23 heavy (non-hydrogen) atoms. The summed E-state index contributed by atoms with van der Waals surface area (Å²) < 4.78 is 1.89. The SMILES string of the molecule is Cn1c(C(=O)N[C@H]2C3CCN(CC3)C2(C)C)nc2ccccc21. The molecule has 3 saturated heterocycles. The predicted octanol–water partition coefficient (Wildman–Crippen LogP) is 2.18. The van der Waals surface area contributed by atoms with Crippen LogP contribution in [0.1, 0.15) is 37.3 Å². The van der Waals surface area contributed by atoms with Crippen LogP contribution in [0.2, 0.25) is 0 Å². The number of piperidine rings is 3. The van der Waals surface area contributed by atoms with Crippen molar-refractivity contribution in [3.8, 4) is 0 Å². The monoisotopic (exact) mass is 312 g/mol. The molecule has 0 unspecified atom stereocenters. The molecular weight excluding hydrogens is 288 g/mol. The number of rotatable bonds is 2. The minimum absolute atomic E-state index is 0.0153. The van der Waals surface area contributed by atoms with Crippen molar-refractivity contribution in [3.05, 3.63) is 30.1 Å². The summed E-state index contributed by atoms with van der Waals surface area (Å²) in [5.74, 6) is 1.02. The van der Waals surface area contributed by atoms with Gasteiger partial charge in [0.15, 0.2) is 5.82 Å². The average molecular weight is 312 g/mol. The highest BCUT2D eigenvalue weighted by Gasteiger charge is 2.48.